The summed E-state index contributed by atoms with van der Waals surface area (Å²) in [4.78, 5) is 12.0. The van der Waals surface area contributed by atoms with Crippen LogP contribution in [0.4, 0.5) is 13.2 Å². The van der Waals surface area contributed by atoms with E-state index in [0.717, 1.165) is 12.1 Å². The van der Waals surface area contributed by atoms with E-state index in [-0.39, 0.29) is 25.2 Å². The van der Waals surface area contributed by atoms with Crippen molar-refractivity contribution in [3.05, 3.63) is 47.8 Å². The monoisotopic (exact) mass is 259 g/mol. The zero-order valence-electron chi connectivity index (χ0n) is 9.50. The van der Waals surface area contributed by atoms with E-state index in [0.29, 0.717) is 0 Å². The molecule has 1 N–H and O–H groups in total. The topological polar surface area (TPSA) is 40.5 Å². The van der Waals surface area contributed by atoms with Gasteiger partial charge in [-0.05, 0) is 17.7 Å². The second-order valence-corrected chi connectivity index (χ2v) is 3.73. The fraction of sp³-hybridized carbons (Fsp3) is 0.250. The highest BCUT2D eigenvalue weighted by Gasteiger charge is 2.14. The van der Waals surface area contributed by atoms with Crippen molar-refractivity contribution in [2.75, 3.05) is 13.1 Å². The largest absolute Gasteiger partial charge is 0.480 e. The third-order valence-corrected chi connectivity index (χ3v) is 2.20. The fourth-order valence-electron chi connectivity index (χ4n) is 1.52. The fourth-order valence-corrected chi connectivity index (χ4v) is 1.52. The Morgan fingerprint density at radius 1 is 1.33 bits per heavy atom. The van der Waals surface area contributed by atoms with E-state index in [1.54, 1.807) is 0 Å². The smallest absolute Gasteiger partial charge is 0.317 e. The molecule has 0 bridgehead atoms. The highest BCUT2D eigenvalue weighted by atomic mass is 19.2. The maximum atomic E-state index is 13.0. The van der Waals surface area contributed by atoms with Gasteiger partial charge in [0.25, 0.3) is 0 Å². The SMILES string of the molecule is C=CCN(CC(=O)O)Cc1cc(F)c(F)c(F)c1. The van der Waals surface area contributed by atoms with Gasteiger partial charge in [-0.2, -0.15) is 0 Å². The molecule has 3 nitrogen and oxygen atoms in total. The summed E-state index contributed by atoms with van der Waals surface area (Å²) in [5.74, 6) is -5.19. The summed E-state index contributed by atoms with van der Waals surface area (Å²) >= 11 is 0. The molecule has 0 aliphatic rings. The van der Waals surface area contributed by atoms with E-state index in [1.165, 1.54) is 11.0 Å². The second kappa shape index (κ2) is 6.20. The third kappa shape index (κ3) is 3.89. The van der Waals surface area contributed by atoms with Crippen LogP contribution in [0.25, 0.3) is 0 Å². The summed E-state index contributed by atoms with van der Waals surface area (Å²) < 4.78 is 38.7. The molecule has 6 heteroatoms. The lowest BCUT2D eigenvalue weighted by atomic mass is 10.2. The van der Waals surface area contributed by atoms with E-state index in [9.17, 15) is 18.0 Å². The van der Waals surface area contributed by atoms with Crippen LogP contribution in [-0.4, -0.2) is 29.1 Å². The summed E-state index contributed by atoms with van der Waals surface area (Å²) in [6.45, 7) is 3.39. The maximum Gasteiger partial charge on any atom is 0.317 e. The van der Waals surface area contributed by atoms with Crippen molar-refractivity contribution in [2.45, 2.75) is 6.54 Å². The number of nitrogens with zero attached hydrogens (tertiary/aromatic N) is 1. The number of rotatable bonds is 6. The minimum atomic E-state index is -1.53. The van der Waals surface area contributed by atoms with E-state index >= 15 is 0 Å². The van der Waals surface area contributed by atoms with Crippen LogP contribution in [0.5, 0.6) is 0 Å². The third-order valence-electron chi connectivity index (χ3n) is 2.20. The Morgan fingerprint density at radius 3 is 2.33 bits per heavy atom. The number of benzene rings is 1. The molecule has 0 saturated heterocycles. The number of halogens is 3. The van der Waals surface area contributed by atoms with Crippen LogP contribution < -0.4 is 0 Å². The van der Waals surface area contributed by atoms with Crippen LogP contribution in [0.3, 0.4) is 0 Å². The molecule has 0 amide bonds. The normalized spacial score (nSPS) is 10.7. The van der Waals surface area contributed by atoms with Crippen LogP contribution in [0.1, 0.15) is 5.56 Å². The lowest BCUT2D eigenvalue weighted by Crippen LogP contribution is -2.29. The summed E-state index contributed by atoms with van der Waals surface area (Å²) in [6, 6.07) is 1.69. The Hall–Kier alpha value is -1.82. The number of aliphatic carboxylic acids is 1. The van der Waals surface area contributed by atoms with E-state index in [2.05, 4.69) is 6.58 Å². The van der Waals surface area contributed by atoms with Crippen LogP contribution in [0.15, 0.2) is 24.8 Å². The van der Waals surface area contributed by atoms with Gasteiger partial charge in [-0.1, -0.05) is 6.08 Å². The number of carboxylic acid groups (broad SMARTS) is 1. The predicted molar refractivity (Wildman–Crippen MR) is 59.4 cm³/mol. The molecule has 0 radical (unpaired) electrons. The summed E-state index contributed by atoms with van der Waals surface area (Å²) in [7, 11) is 0. The molecule has 0 heterocycles. The maximum absolute atomic E-state index is 13.0. The molecule has 1 aromatic carbocycles. The van der Waals surface area contributed by atoms with Gasteiger partial charge in [-0.3, -0.25) is 9.69 Å². The Labute approximate surface area is 102 Å². The van der Waals surface area contributed by atoms with Gasteiger partial charge in [0.1, 0.15) is 0 Å². The molecular weight excluding hydrogens is 247 g/mol. The molecule has 0 aliphatic heterocycles. The molecule has 0 saturated carbocycles. The van der Waals surface area contributed by atoms with Crippen molar-refractivity contribution in [1.82, 2.24) is 4.90 Å². The summed E-state index contributed by atoms with van der Waals surface area (Å²) in [6.07, 6.45) is 1.47. The number of carboxylic acids is 1. The molecule has 0 unspecified atom stereocenters. The Balaban J connectivity index is 2.86. The number of hydrogen-bond acceptors (Lipinski definition) is 2. The summed E-state index contributed by atoms with van der Waals surface area (Å²) in [5.41, 5.74) is 0.162. The van der Waals surface area contributed by atoms with Crippen molar-refractivity contribution in [3.63, 3.8) is 0 Å². The van der Waals surface area contributed by atoms with Crippen molar-refractivity contribution in [3.8, 4) is 0 Å². The Bertz CT molecular complexity index is 440. The van der Waals surface area contributed by atoms with Gasteiger partial charge < -0.3 is 5.11 Å². The van der Waals surface area contributed by atoms with Gasteiger partial charge in [-0.25, -0.2) is 13.2 Å². The van der Waals surface area contributed by atoms with Gasteiger partial charge in [0.05, 0.1) is 6.54 Å². The predicted octanol–water partition coefficient (Wildman–Crippen LogP) is 2.18. The number of hydrogen-bond donors (Lipinski definition) is 1. The van der Waals surface area contributed by atoms with Crippen molar-refractivity contribution >= 4 is 5.97 Å². The average Bonchev–Trinajstić information content (AvgIpc) is 2.25. The molecule has 1 aromatic rings. The molecule has 0 aliphatic carbocycles. The zero-order valence-corrected chi connectivity index (χ0v) is 9.50. The van der Waals surface area contributed by atoms with Gasteiger partial charge in [-0.15, -0.1) is 6.58 Å². The van der Waals surface area contributed by atoms with Gasteiger partial charge >= 0.3 is 5.97 Å². The molecule has 0 fully saturated rings. The molecule has 0 aromatic heterocycles. The lowest BCUT2D eigenvalue weighted by Gasteiger charge is -2.18. The first-order valence-electron chi connectivity index (χ1n) is 5.12. The van der Waals surface area contributed by atoms with E-state index in [4.69, 9.17) is 5.11 Å². The standard InChI is InChI=1S/C12H12F3NO2/c1-2-3-16(7-11(17)18)6-8-4-9(13)12(15)10(14)5-8/h2,4-5H,1,3,6-7H2,(H,17,18). The lowest BCUT2D eigenvalue weighted by molar-refractivity contribution is -0.138. The van der Waals surface area contributed by atoms with Gasteiger partial charge in [0.2, 0.25) is 0 Å². The van der Waals surface area contributed by atoms with Crippen molar-refractivity contribution in [1.29, 1.82) is 0 Å². The van der Waals surface area contributed by atoms with E-state index in [1.807, 2.05) is 0 Å². The minimum absolute atomic E-state index is 0.00750. The molecule has 0 atom stereocenters. The first-order valence-corrected chi connectivity index (χ1v) is 5.12. The molecule has 0 spiro atoms. The Kier molecular flexibility index (Phi) is 4.91. The second-order valence-electron chi connectivity index (χ2n) is 3.73. The first-order chi connectivity index (χ1) is 8.43. The van der Waals surface area contributed by atoms with Gasteiger partial charge in [0.15, 0.2) is 17.5 Å². The molecular formula is C12H12F3NO2. The van der Waals surface area contributed by atoms with E-state index < -0.39 is 23.4 Å². The highest BCUT2D eigenvalue weighted by molar-refractivity contribution is 5.69. The van der Waals surface area contributed by atoms with Crippen molar-refractivity contribution in [2.24, 2.45) is 0 Å². The molecule has 1 rings (SSSR count). The zero-order chi connectivity index (χ0) is 13.7. The van der Waals surface area contributed by atoms with Crippen LogP contribution in [0, 0.1) is 17.5 Å². The van der Waals surface area contributed by atoms with Crippen LogP contribution in [0.2, 0.25) is 0 Å². The van der Waals surface area contributed by atoms with Crippen molar-refractivity contribution < 1.29 is 23.1 Å². The highest BCUT2D eigenvalue weighted by Crippen LogP contribution is 2.15. The first kappa shape index (κ1) is 14.2. The Morgan fingerprint density at radius 2 is 1.89 bits per heavy atom. The van der Waals surface area contributed by atoms with Crippen LogP contribution >= 0.6 is 0 Å². The quantitative estimate of drug-likeness (QED) is 0.628. The molecule has 18 heavy (non-hydrogen) atoms. The average molecular weight is 259 g/mol. The minimum Gasteiger partial charge on any atom is -0.480 e. The number of carbonyl (C=O) groups is 1. The van der Waals surface area contributed by atoms with Crippen LogP contribution in [-0.2, 0) is 11.3 Å². The van der Waals surface area contributed by atoms with Gasteiger partial charge in [0, 0.05) is 13.1 Å². The summed E-state index contributed by atoms with van der Waals surface area (Å²) in [5, 5.41) is 8.66. The molecule has 98 valence electrons.